The van der Waals surface area contributed by atoms with Crippen LogP contribution in [0.15, 0.2) is 30.0 Å². The zero-order chi connectivity index (χ0) is 19.6. The predicted molar refractivity (Wildman–Crippen MR) is 102 cm³/mol. The maximum Gasteiger partial charge on any atom is 0.408 e. The van der Waals surface area contributed by atoms with Gasteiger partial charge in [0.1, 0.15) is 12.6 Å². The van der Waals surface area contributed by atoms with Gasteiger partial charge < -0.3 is 15.4 Å². The van der Waals surface area contributed by atoms with Crippen molar-refractivity contribution in [3.63, 3.8) is 0 Å². The maximum atomic E-state index is 12.2. The topological polar surface area (TPSA) is 116 Å². The molecule has 0 bridgehead atoms. The molecule has 1 atom stereocenters. The summed E-state index contributed by atoms with van der Waals surface area (Å²) in [5.74, 6) is -0.0142. The van der Waals surface area contributed by atoms with Crippen molar-refractivity contribution < 1.29 is 14.3 Å². The van der Waals surface area contributed by atoms with Crippen molar-refractivity contribution in [2.75, 3.05) is 13.2 Å². The second kappa shape index (κ2) is 16.0. The highest BCUT2D eigenvalue weighted by atomic mass is 16.5. The highest BCUT2D eigenvalue weighted by Crippen LogP contribution is 2.06. The zero-order valence-electron chi connectivity index (χ0n) is 15.8. The summed E-state index contributed by atoms with van der Waals surface area (Å²) in [5.41, 5.74) is 8.17. The molecule has 0 aliphatic rings. The minimum absolute atomic E-state index is 0.102. The van der Waals surface area contributed by atoms with Crippen LogP contribution in [0.25, 0.3) is 10.4 Å². The van der Waals surface area contributed by atoms with Gasteiger partial charge in [-0.2, -0.15) is 0 Å². The van der Waals surface area contributed by atoms with Gasteiger partial charge in [-0.25, -0.2) is 4.79 Å². The van der Waals surface area contributed by atoms with E-state index in [-0.39, 0.29) is 18.4 Å². The number of carbonyl (C=O) groups is 2. The van der Waals surface area contributed by atoms with E-state index in [4.69, 9.17) is 10.3 Å². The summed E-state index contributed by atoms with van der Waals surface area (Å²) in [6.07, 6.45) is 9.70. The van der Waals surface area contributed by atoms with Gasteiger partial charge in [0.25, 0.3) is 0 Å². The third-order valence-corrected chi connectivity index (χ3v) is 3.43. The molecular formula is C18H31N5O3. The molecule has 2 N–H and O–H groups in total. The first-order valence-corrected chi connectivity index (χ1v) is 9.01. The molecule has 146 valence electrons. The minimum atomic E-state index is -0.641. The molecule has 2 amide bonds. The van der Waals surface area contributed by atoms with E-state index < -0.39 is 12.1 Å². The van der Waals surface area contributed by atoms with Crippen LogP contribution in [0.3, 0.4) is 0 Å². The van der Waals surface area contributed by atoms with Gasteiger partial charge in [0, 0.05) is 11.5 Å². The Labute approximate surface area is 155 Å². The van der Waals surface area contributed by atoms with Crippen LogP contribution in [0.1, 0.15) is 52.4 Å². The molecule has 0 rings (SSSR count). The molecule has 0 saturated carbocycles. The average molecular weight is 365 g/mol. The van der Waals surface area contributed by atoms with Gasteiger partial charge in [0.2, 0.25) is 5.91 Å². The quantitative estimate of drug-likeness (QED) is 0.158. The number of ether oxygens (including phenoxy) is 1. The van der Waals surface area contributed by atoms with Gasteiger partial charge >= 0.3 is 6.09 Å². The summed E-state index contributed by atoms with van der Waals surface area (Å²) in [6.45, 7) is 8.08. The largest absolute Gasteiger partial charge is 0.445 e. The summed E-state index contributed by atoms with van der Waals surface area (Å²) in [4.78, 5) is 26.6. The van der Waals surface area contributed by atoms with E-state index in [1.807, 2.05) is 19.9 Å². The van der Waals surface area contributed by atoms with E-state index in [2.05, 4.69) is 27.2 Å². The number of carbonyl (C=O) groups excluding carboxylic acids is 2. The van der Waals surface area contributed by atoms with Crippen LogP contribution in [0, 0.1) is 5.92 Å². The predicted octanol–water partition coefficient (Wildman–Crippen LogP) is 4.20. The number of alkyl carbamates (subject to hydrolysis) is 1. The monoisotopic (exact) mass is 365 g/mol. The van der Waals surface area contributed by atoms with Crippen LogP contribution < -0.4 is 10.6 Å². The first kappa shape index (κ1) is 23.5. The fourth-order valence-electron chi connectivity index (χ4n) is 2.19. The Morgan fingerprint density at radius 2 is 2.00 bits per heavy atom. The molecule has 0 aromatic rings. The van der Waals surface area contributed by atoms with Crippen LogP contribution in [0.4, 0.5) is 4.79 Å². The fourth-order valence-corrected chi connectivity index (χ4v) is 2.19. The molecule has 8 nitrogen and oxygen atoms in total. The molecule has 0 spiro atoms. The molecule has 0 radical (unpaired) electrons. The minimum Gasteiger partial charge on any atom is -0.445 e. The SMILES string of the molecule is C=CCOC(=O)N[C@@H](CC(C)C)C(=O)N/C=C/CCCCCCN=[N+]=[N-]. The molecular weight excluding hydrogens is 334 g/mol. The zero-order valence-corrected chi connectivity index (χ0v) is 15.8. The molecule has 0 aliphatic carbocycles. The lowest BCUT2D eigenvalue weighted by molar-refractivity contribution is -0.122. The lowest BCUT2D eigenvalue weighted by Crippen LogP contribution is -2.46. The van der Waals surface area contributed by atoms with E-state index in [0.717, 1.165) is 32.1 Å². The summed E-state index contributed by atoms with van der Waals surface area (Å²) in [6, 6.07) is -0.641. The number of hydrogen-bond donors (Lipinski definition) is 2. The van der Waals surface area contributed by atoms with Gasteiger partial charge in [-0.1, -0.05) is 50.5 Å². The van der Waals surface area contributed by atoms with Crippen molar-refractivity contribution >= 4 is 12.0 Å². The summed E-state index contributed by atoms with van der Waals surface area (Å²) in [7, 11) is 0. The van der Waals surface area contributed by atoms with E-state index >= 15 is 0 Å². The molecule has 0 heterocycles. The Morgan fingerprint density at radius 3 is 2.65 bits per heavy atom. The smallest absolute Gasteiger partial charge is 0.408 e. The molecule has 0 aromatic carbocycles. The number of unbranched alkanes of at least 4 members (excludes halogenated alkanes) is 4. The molecule has 0 saturated heterocycles. The Balaban J connectivity index is 4.12. The van der Waals surface area contributed by atoms with Crippen LogP contribution in [0.5, 0.6) is 0 Å². The number of nitrogens with one attached hydrogen (secondary N) is 2. The third kappa shape index (κ3) is 13.9. The van der Waals surface area contributed by atoms with Crippen LogP contribution >= 0.6 is 0 Å². The average Bonchev–Trinajstić information content (AvgIpc) is 2.60. The van der Waals surface area contributed by atoms with E-state index in [1.165, 1.54) is 6.08 Å². The molecule has 0 fully saturated rings. The molecule has 8 heteroatoms. The molecule has 0 aromatic heterocycles. The van der Waals surface area contributed by atoms with Gasteiger partial charge in [-0.15, -0.1) is 0 Å². The Bertz CT molecular complexity index is 499. The molecule has 0 aliphatic heterocycles. The van der Waals surface area contributed by atoms with E-state index in [1.54, 1.807) is 6.20 Å². The van der Waals surface area contributed by atoms with Crippen molar-refractivity contribution in [1.82, 2.24) is 10.6 Å². The second-order valence-corrected chi connectivity index (χ2v) is 6.28. The summed E-state index contributed by atoms with van der Waals surface area (Å²) in [5, 5.41) is 8.77. The van der Waals surface area contributed by atoms with Gasteiger partial charge in [-0.3, -0.25) is 4.79 Å². The Kier molecular flexibility index (Phi) is 14.5. The number of nitrogens with zero attached hydrogens (tertiary/aromatic N) is 3. The highest BCUT2D eigenvalue weighted by molar-refractivity contribution is 5.86. The number of azide groups is 1. The number of amides is 2. The first-order chi connectivity index (χ1) is 12.5. The maximum absolute atomic E-state index is 12.2. The van der Waals surface area contributed by atoms with Gasteiger partial charge in [0.05, 0.1) is 0 Å². The Morgan fingerprint density at radius 1 is 1.27 bits per heavy atom. The van der Waals surface area contributed by atoms with E-state index in [9.17, 15) is 9.59 Å². The van der Waals surface area contributed by atoms with Crippen LogP contribution in [-0.2, 0) is 9.53 Å². The number of allylic oxidation sites excluding steroid dienone is 1. The third-order valence-electron chi connectivity index (χ3n) is 3.43. The lowest BCUT2D eigenvalue weighted by atomic mass is 10.0. The van der Waals surface area contributed by atoms with Crippen LogP contribution in [0.2, 0.25) is 0 Å². The lowest BCUT2D eigenvalue weighted by Gasteiger charge is -2.18. The molecule has 26 heavy (non-hydrogen) atoms. The van der Waals surface area contributed by atoms with Crippen molar-refractivity contribution in [3.05, 3.63) is 35.4 Å². The summed E-state index contributed by atoms with van der Waals surface area (Å²) < 4.78 is 4.87. The Hall–Kier alpha value is -2.47. The number of hydrogen-bond acceptors (Lipinski definition) is 4. The van der Waals surface area contributed by atoms with Gasteiger partial charge in [0.15, 0.2) is 0 Å². The first-order valence-electron chi connectivity index (χ1n) is 9.01. The molecule has 0 unspecified atom stereocenters. The summed E-state index contributed by atoms with van der Waals surface area (Å²) >= 11 is 0. The van der Waals surface area contributed by atoms with Crippen molar-refractivity contribution in [3.8, 4) is 0 Å². The van der Waals surface area contributed by atoms with Crippen molar-refractivity contribution in [1.29, 1.82) is 0 Å². The normalized spacial score (nSPS) is 11.7. The number of rotatable bonds is 14. The van der Waals surface area contributed by atoms with Crippen molar-refractivity contribution in [2.45, 2.75) is 58.4 Å². The van der Waals surface area contributed by atoms with Gasteiger partial charge in [-0.05, 0) is 43.3 Å². The second-order valence-electron chi connectivity index (χ2n) is 6.28. The van der Waals surface area contributed by atoms with Crippen molar-refractivity contribution in [2.24, 2.45) is 11.0 Å². The standard InChI is InChI=1S/C18H31N5O3/c1-4-13-26-18(25)22-16(14-15(2)3)17(24)20-11-9-7-5-6-8-10-12-21-23-19/h4,9,11,15-16H,1,5-8,10,12-14H2,2-3H3,(H,20,24)(H,22,25)/b11-9+/t16-/m0/s1. The van der Waals surface area contributed by atoms with E-state index in [0.29, 0.717) is 13.0 Å². The fraction of sp³-hybridized carbons (Fsp3) is 0.667. The highest BCUT2D eigenvalue weighted by Gasteiger charge is 2.21. The van der Waals surface area contributed by atoms with Crippen LogP contribution in [-0.4, -0.2) is 31.2 Å².